The van der Waals surface area contributed by atoms with E-state index < -0.39 is 0 Å². The van der Waals surface area contributed by atoms with Gasteiger partial charge in [0, 0.05) is 17.1 Å². The highest BCUT2D eigenvalue weighted by Gasteiger charge is 2.04. The standard InChI is InChI=1S/C9H11ClFN/c1-6-3-7(5-12-2)9(11)4-8(6)10/h3-4,12H,5H2,1-2H3. The van der Waals surface area contributed by atoms with Crippen molar-refractivity contribution in [2.75, 3.05) is 7.05 Å². The predicted octanol–water partition coefficient (Wildman–Crippen LogP) is 2.51. The lowest BCUT2D eigenvalue weighted by atomic mass is 10.1. The average molecular weight is 188 g/mol. The Morgan fingerprint density at radius 3 is 2.75 bits per heavy atom. The van der Waals surface area contributed by atoms with E-state index in [2.05, 4.69) is 5.32 Å². The third kappa shape index (κ3) is 1.96. The van der Waals surface area contributed by atoms with Crippen LogP contribution in [0.25, 0.3) is 0 Å². The monoisotopic (exact) mass is 187 g/mol. The Bertz CT molecular complexity index is 286. The molecule has 12 heavy (non-hydrogen) atoms. The summed E-state index contributed by atoms with van der Waals surface area (Å²) in [5.41, 5.74) is 1.56. The molecule has 0 spiro atoms. The molecule has 1 rings (SSSR count). The van der Waals surface area contributed by atoms with Crippen LogP contribution < -0.4 is 5.32 Å². The third-order valence-corrected chi connectivity index (χ3v) is 2.10. The van der Waals surface area contributed by atoms with E-state index >= 15 is 0 Å². The molecule has 0 aliphatic heterocycles. The van der Waals surface area contributed by atoms with E-state index in [1.807, 2.05) is 6.92 Å². The largest absolute Gasteiger partial charge is 0.316 e. The molecule has 1 aromatic rings. The first kappa shape index (κ1) is 9.49. The minimum Gasteiger partial charge on any atom is -0.316 e. The number of rotatable bonds is 2. The molecule has 3 heteroatoms. The van der Waals surface area contributed by atoms with Gasteiger partial charge in [0.15, 0.2) is 0 Å². The maximum absolute atomic E-state index is 13.1. The van der Waals surface area contributed by atoms with Crippen molar-refractivity contribution >= 4 is 11.6 Å². The van der Waals surface area contributed by atoms with Crippen LogP contribution in [0.4, 0.5) is 4.39 Å². The second kappa shape index (κ2) is 3.87. The molecule has 0 saturated carbocycles. The molecular formula is C9H11ClFN. The van der Waals surface area contributed by atoms with E-state index in [0.29, 0.717) is 17.1 Å². The van der Waals surface area contributed by atoms with Crippen LogP contribution in [0.15, 0.2) is 12.1 Å². The van der Waals surface area contributed by atoms with Crippen LogP contribution in [0.2, 0.25) is 5.02 Å². The smallest absolute Gasteiger partial charge is 0.129 e. The summed E-state index contributed by atoms with van der Waals surface area (Å²) >= 11 is 5.73. The normalized spacial score (nSPS) is 10.3. The van der Waals surface area contributed by atoms with Crippen molar-refractivity contribution < 1.29 is 4.39 Å². The lowest BCUT2D eigenvalue weighted by Gasteiger charge is -2.04. The number of hydrogen-bond donors (Lipinski definition) is 1. The van der Waals surface area contributed by atoms with Gasteiger partial charge in [-0.15, -0.1) is 0 Å². The molecule has 0 unspecified atom stereocenters. The number of hydrogen-bond acceptors (Lipinski definition) is 1. The van der Waals surface area contributed by atoms with E-state index in [9.17, 15) is 4.39 Å². The molecule has 0 aliphatic rings. The summed E-state index contributed by atoms with van der Waals surface area (Å²) in [6, 6.07) is 3.11. The van der Waals surface area contributed by atoms with Crippen LogP contribution in [-0.4, -0.2) is 7.05 Å². The van der Waals surface area contributed by atoms with Gasteiger partial charge in [0.2, 0.25) is 0 Å². The zero-order valence-corrected chi connectivity index (χ0v) is 7.87. The van der Waals surface area contributed by atoms with Crippen LogP contribution in [0.1, 0.15) is 11.1 Å². The Morgan fingerprint density at radius 1 is 1.50 bits per heavy atom. The zero-order chi connectivity index (χ0) is 9.14. The van der Waals surface area contributed by atoms with Crippen molar-refractivity contribution in [1.29, 1.82) is 0 Å². The molecule has 0 atom stereocenters. The van der Waals surface area contributed by atoms with Gasteiger partial charge in [-0.05, 0) is 25.6 Å². The minimum atomic E-state index is -0.250. The first-order chi connectivity index (χ1) is 5.65. The van der Waals surface area contributed by atoms with Crippen molar-refractivity contribution in [3.63, 3.8) is 0 Å². The number of aryl methyl sites for hydroxylation is 1. The van der Waals surface area contributed by atoms with Crippen molar-refractivity contribution in [1.82, 2.24) is 5.32 Å². The Labute approximate surface area is 76.5 Å². The summed E-state index contributed by atoms with van der Waals surface area (Å²) in [5.74, 6) is -0.250. The minimum absolute atomic E-state index is 0.250. The molecule has 66 valence electrons. The Balaban J connectivity index is 3.05. The highest BCUT2D eigenvalue weighted by Crippen LogP contribution is 2.19. The second-order valence-electron chi connectivity index (χ2n) is 2.72. The van der Waals surface area contributed by atoms with Crippen LogP contribution in [0.5, 0.6) is 0 Å². The second-order valence-corrected chi connectivity index (χ2v) is 3.13. The molecular weight excluding hydrogens is 177 g/mol. The molecule has 0 amide bonds. The fourth-order valence-electron chi connectivity index (χ4n) is 1.04. The van der Waals surface area contributed by atoms with Gasteiger partial charge >= 0.3 is 0 Å². The van der Waals surface area contributed by atoms with Crippen LogP contribution >= 0.6 is 11.6 Å². The van der Waals surface area contributed by atoms with Gasteiger partial charge in [-0.1, -0.05) is 17.7 Å². The molecule has 0 bridgehead atoms. The molecule has 1 nitrogen and oxygen atoms in total. The van der Waals surface area contributed by atoms with E-state index in [1.54, 1.807) is 13.1 Å². The quantitative estimate of drug-likeness (QED) is 0.750. The summed E-state index contributed by atoms with van der Waals surface area (Å²) in [6.45, 7) is 2.39. The third-order valence-electron chi connectivity index (χ3n) is 1.69. The highest BCUT2D eigenvalue weighted by molar-refractivity contribution is 6.31. The Kier molecular flexibility index (Phi) is 3.06. The van der Waals surface area contributed by atoms with E-state index in [-0.39, 0.29) is 5.82 Å². The SMILES string of the molecule is CNCc1cc(C)c(Cl)cc1F. The molecule has 0 saturated heterocycles. The first-order valence-electron chi connectivity index (χ1n) is 3.74. The summed E-state index contributed by atoms with van der Waals surface area (Å²) in [7, 11) is 1.78. The molecule has 0 fully saturated rings. The van der Waals surface area contributed by atoms with Crippen LogP contribution in [0.3, 0.4) is 0 Å². The van der Waals surface area contributed by atoms with E-state index in [4.69, 9.17) is 11.6 Å². The topological polar surface area (TPSA) is 12.0 Å². The fourth-order valence-corrected chi connectivity index (χ4v) is 1.19. The summed E-state index contributed by atoms with van der Waals surface area (Å²) in [5, 5.41) is 3.37. The molecule has 0 aliphatic carbocycles. The predicted molar refractivity (Wildman–Crippen MR) is 48.9 cm³/mol. The lowest BCUT2D eigenvalue weighted by Crippen LogP contribution is -2.07. The molecule has 1 aromatic carbocycles. The van der Waals surface area contributed by atoms with Gasteiger partial charge in [0.05, 0.1) is 0 Å². The van der Waals surface area contributed by atoms with Crippen LogP contribution in [0, 0.1) is 12.7 Å². The zero-order valence-electron chi connectivity index (χ0n) is 7.12. The maximum Gasteiger partial charge on any atom is 0.129 e. The highest BCUT2D eigenvalue weighted by atomic mass is 35.5. The first-order valence-corrected chi connectivity index (χ1v) is 4.12. The lowest BCUT2D eigenvalue weighted by molar-refractivity contribution is 0.600. The number of nitrogens with one attached hydrogen (secondary N) is 1. The van der Waals surface area contributed by atoms with Crippen LogP contribution in [-0.2, 0) is 6.54 Å². The Hall–Kier alpha value is -0.600. The van der Waals surface area contributed by atoms with E-state index in [0.717, 1.165) is 5.56 Å². The van der Waals surface area contributed by atoms with Gasteiger partial charge in [-0.25, -0.2) is 4.39 Å². The van der Waals surface area contributed by atoms with Gasteiger partial charge in [0.25, 0.3) is 0 Å². The average Bonchev–Trinajstić information content (AvgIpc) is 2.01. The molecule has 0 aromatic heterocycles. The van der Waals surface area contributed by atoms with E-state index in [1.165, 1.54) is 6.07 Å². The van der Waals surface area contributed by atoms with Crippen molar-refractivity contribution in [3.05, 3.63) is 34.1 Å². The van der Waals surface area contributed by atoms with Gasteiger partial charge in [-0.3, -0.25) is 0 Å². The molecule has 0 radical (unpaired) electrons. The Morgan fingerprint density at radius 2 is 2.17 bits per heavy atom. The molecule has 1 N–H and O–H groups in total. The van der Waals surface area contributed by atoms with Gasteiger partial charge in [-0.2, -0.15) is 0 Å². The summed E-state index contributed by atoms with van der Waals surface area (Å²) in [6.07, 6.45) is 0. The fraction of sp³-hybridized carbons (Fsp3) is 0.333. The number of benzene rings is 1. The molecule has 0 heterocycles. The summed E-state index contributed by atoms with van der Waals surface area (Å²) in [4.78, 5) is 0. The number of halogens is 2. The maximum atomic E-state index is 13.1. The summed E-state index contributed by atoms with van der Waals surface area (Å²) < 4.78 is 13.1. The van der Waals surface area contributed by atoms with Gasteiger partial charge < -0.3 is 5.32 Å². The van der Waals surface area contributed by atoms with Gasteiger partial charge in [0.1, 0.15) is 5.82 Å². The van der Waals surface area contributed by atoms with Crippen molar-refractivity contribution in [2.24, 2.45) is 0 Å². The van der Waals surface area contributed by atoms with Crippen molar-refractivity contribution in [2.45, 2.75) is 13.5 Å². The van der Waals surface area contributed by atoms with Crippen molar-refractivity contribution in [3.8, 4) is 0 Å².